The fourth-order valence-electron chi connectivity index (χ4n) is 1.30. The number of aromatic carboxylic acids is 1. The highest BCUT2D eigenvalue weighted by Crippen LogP contribution is 2.04. The van der Waals surface area contributed by atoms with E-state index in [9.17, 15) is 4.79 Å². The molecule has 0 unspecified atom stereocenters. The van der Waals surface area contributed by atoms with Gasteiger partial charge in [0.15, 0.2) is 0 Å². The fourth-order valence-corrected chi connectivity index (χ4v) is 1.30. The van der Waals surface area contributed by atoms with E-state index in [1.54, 1.807) is 12.1 Å². The van der Waals surface area contributed by atoms with Gasteiger partial charge in [-0.05, 0) is 30.7 Å². The normalized spacial score (nSPS) is 10.2. The van der Waals surface area contributed by atoms with Crippen molar-refractivity contribution in [3.05, 3.63) is 35.4 Å². The number of hydrogen-bond acceptors (Lipinski definition) is 2. The van der Waals surface area contributed by atoms with Crippen molar-refractivity contribution in [1.29, 1.82) is 0 Å². The minimum absolute atomic E-state index is 0.340. The molecule has 3 nitrogen and oxygen atoms in total. The van der Waals surface area contributed by atoms with Gasteiger partial charge in [0.2, 0.25) is 0 Å². The maximum Gasteiger partial charge on any atom is 0.335 e. The largest absolute Gasteiger partial charge is 0.478 e. The third kappa shape index (κ3) is 4.13. The van der Waals surface area contributed by atoms with Gasteiger partial charge in [0.25, 0.3) is 0 Å². The zero-order valence-corrected chi connectivity index (χ0v) is 8.99. The van der Waals surface area contributed by atoms with Crippen LogP contribution in [0.15, 0.2) is 24.3 Å². The van der Waals surface area contributed by atoms with Crippen molar-refractivity contribution in [3.63, 3.8) is 0 Å². The summed E-state index contributed by atoms with van der Waals surface area (Å²) in [5.41, 5.74) is 1.46. The monoisotopic (exact) mass is 207 g/mol. The van der Waals surface area contributed by atoms with E-state index in [0.29, 0.717) is 5.56 Å². The van der Waals surface area contributed by atoms with Crippen molar-refractivity contribution in [3.8, 4) is 0 Å². The van der Waals surface area contributed by atoms with Crippen molar-refractivity contribution >= 4 is 5.97 Å². The van der Waals surface area contributed by atoms with E-state index in [1.807, 2.05) is 12.1 Å². The summed E-state index contributed by atoms with van der Waals surface area (Å²) in [6.45, 7) is 3.97. The van der Waals surface area contributed by atoms with Gasteiger partial charge < -0.3 is 10.4 Å². The molecule has 0 radical (unpaired) electrons. The number of unbranched alkanes of at least 4 members (excludes halogenated alkanes) is 1. The zero-order valence-electron chi connectivity index (χ0n) is 8.99. The van der Waals surface area contributed by atoms with Crippen LogP contribution in [-0.2, 0) is 6.54 Å². The second-order valence-corrected chi connectivity index (χ2v) is 3.53. The lowest BCUT2D eigenvalue weighted by Gasteiger charge is -2.04. The minimum atomic E-state index is -0.875. The van der Waals surface area contributed by atoms with Crippen molar-refractivity contribution in [2.24, 2.45) is 0 Å². The van der Waals surface area contributed by atoms with Gasteiger partial charge in [-0.25, -0.2) is 4.79 Å². The number of benzene rings is 1. The van der Waals surface area contributed by atoms with Crippen LogP contribution >= 0.6 is 0 Å². The lowest BCUT2D eigenvalue weighted by Crippen LogP contribution is -2.14. The Morgan fingerprint density at radius 1 is 1.33 bits per heavy atom. The number of carbonyl (C=O) groups is 1. The van der Waals surface area contributed by atoms with E-state index in [4.69, 9.17) is 5.11 Å². The lowest BCUT2D eigenvalue weighted by atomic mass is 10.1. The smallest absolute Gasteiger partial charge is 0.335 e. The standard InChI is InChI=1S/C12H17NO2/c1-2-3-8-13-9-10-4-6-11(7-5-10)12(14)15/h4-7,13H,2-3,8-9H2,1H3,(H,14,15). The quantitative estimate of drug-likeness (QED) is 0.703. The van der Waals surface area contributed by atoms with Gasteiger partial charge >= 0.3 is 5.97 Å². The molecule has 0 amide bonds. The highest BCUT2D eigenvalue weighted by Gasteiger charge is 2.00. The Morgan fingerprint density at radius 2 is 2.00 bits per heavy atom. The summed E-state index contributed by atoms with van der Waals surface area (Å²) < 4.78 is 0. The molecule has 0 atom stereocenters. The molecule has 15 heavy (non-hydrogen) atoms. The molecular weight excluding hydrogens is 190 g/mol. The van der Waals surface area contributed by atoms with E-state index in [0.717, 1.165) is 18.7 Å². The third-order valence-electron chi connectivity index (χ3n) is 2.24. The summed E-state index contributed by atoms with van der Waals surface area (Å²) in [5, 5.41) is 12.0. The Labute approximate surface area is 90.1 Å². The first-order valence-corrected chi connectivity index (χ1v) is 5.27. The molecule has 0 aliphatic carbocycles. The second-order valence-electron chi connectivity index (χ2n) is 3.53. The van der Waals surface area contributed by atoms with Gasteiger partial charge in [0.1, 0.15) is 0 Å². The lowest BCUT2D eigenvalue weighted by molar-refractivity contribution is 0.0697. The van der Waals surface area contributed by atoms with Crippen LogP contribution in [0.2, 0.25) is 0 Å². The molecule has 2 N–H and O–H groups in total. The molecule has 0 saturated carbocycles. The number of carboxylic acids is 1. The Hall–Kier alpha value is -1.35. The first kappa shape index (κ1) is 11.7. The second kappa shape index (κ2) is 6.19. The summed E-state index contributed by atoms with van der Waals surface area (Å²) >= 11 is 0. The van der Waals surface area contributed by atoms with Crippen LogP contribution in [0.3, 0.4) is 0 Å². The highest BCUT2D eigenvalue weighted by molar-refractivity contribution is 5.87. The molecule has 0 heterocycles. The fraction of sp³-hybridized carbons (Fsp3) is 0.417. The predicted molar refractivity (Wildman–Crippen MR) is 60.0 cm³/mol. The molecule has 82 valence electrons. The summed E-state index contributed by atoms with van der Waals surface area (Å²) in [4.78, 5) is 10.6. The van der Waals surface area contributed by atoms with E-state index in [-0.39, 0.29) is 0 Å². The molecule has 1 aromatic rings. The van der Waals surface area contributed by atoms with Crippen LogP contribution in [0.25, 0.3) is 0 Å². The zero-order chi connectivity index (χ0) is 11.1. The van der Waals surface area contributed by atoms with Gasteiger partial charge in [-0.1, -0.05) is 25.5 Å². The Morgan fingerprint density at radius 3 is 2.53 bits per heavy atom. The Kier molecular flexibility index (Phi) is 4.84. The summed E-state index contributed by atoms with van der Waals surface area (Å²) in [6, 6.07) is 6.98. The number of hydrogen-bond donors (Lipinski definition) is 2. The molecule has 0 bridgehead atoms. The summed E-state index contributed by atoms with van der Waals surface area (Å²) in [7, 11) is 0. The van der Waals surface area contributed by atoms with Gasteiger partial charge in [-0.15, -0.1) is 0 Å². The number of rotatable bonds is 6. The SMILES string of the molecule is CCCCNCc1ccc(C(=O)O)cc1. The van der Waals surface area contributed by atoms with Crippen LogP contribution < -0.4 is 5.32 Å². The molecular formula is C12H17NO2. The van der Waals surface area contributed by atoms with Crippen molar-refractivity contribution in [1.82, 2.24) is 5.32 Å². The molecule has 0 aliphatic rings. The Bertz CT molecular complexity index is 306. The average Bonchev–Trinajstić information content (AvgIpc) is 2.25. The summed E-state index contributed by atoms with van der Waals surface area (Å²) in [6.07, 6.45) is 2.36. The van der Waals surface area contributed by atoms with Crippen molar-refractivity contribution in [2.45, 2.75) is 26.3 Å². The van der Waals surface area contributed by atoms with E-state index in [2.05, 4.69) is 12.2 Å². The molecule has 1 aromatic carbocycles. The van der Waals surface area contributed by atoms with Crippen LogP contribution in [0.1, 0.15) is 35.7 Å². The highest BCUT2D eigenvalue weighted by atomic mass is 16.4. The molecule has 0 fully saturated rings. The maximum absolute atomic E-state index is 10.6. The predicted octanol–water partition coefficient (Wildman–Crippen LogP) is 2.27. The number of carboxylic acid groups (broad SMARTS) is 1. The Balaban J connectivity index is 2.39. The first-order chi connectivity index (χ1) is 7.24. The van der Waals surface area contributed by atoms with Crippen LogP contribution in [0, 0.1) is 0 Å². The van der Waals surface area contributed by atoms with Crippen molar-refractivity contribution < 1.29 is 9.90 Å². The van der Waals surface area contributed by atoms with Gasteiger partial charge in [-0.2, -0.15) is 0 Å². The molecule has 1 rings (SSSR count). The first-order valence-electron chi connectivity index (χ1n) is 5.27. The molecule has 0 spiro atoms. The average molecular weight is 207 g/mol. The van der Waals surface area contributed by atoms with Gasteiger partial charge in [-0.3, -0.25) is 0 Å². The molecule has 3 heteroatoms. The topological polar surface area (TPSA) is 49.3 Å². The van der Waals surface area contributed by atoms with Crippen LogP contribution in [0.5, 0.6) is 0 Å². The number of nitrogens with one attached hydrogen (secondary N) is 1. The molecule has 0 saturated heterocycles. The summed E-state index contributed by atoms with van der Waals surface area (Å²) in [5.74, 6) is -0.875. The third-order valence-corrected chi connectivity index (χ3v) is 2.24. The van der Waals surface area contributed by atoms with E-state index in [1.165, 1.54) is 12.8 Å². The van der Waals surface area contributed by atoms with Crippen molar-refractivity contribution in [2.75, 3.05) is 6.54 Å². The van der Waals surface area contributed by atoms with E-state index >= 15 is 0 Å². The van der Waals surface area contributed by atoms with Crippen LogP contribution in [-0.4, -0.2) is 17.6 Å². The minimum Gasteiger partial charge on any atom is -0.478 e. The molecule has 0 aromatic heterocycles. The van der Waals surface area contributed by atoms with Crippen LogP contribution in [0.4, 0.5) is 0 Å². The maximum atomic E-state index is 10.6. The van der Waals surface area contributed by atoms with Gasteiger partial charge in [0.05, 0.1) is 5.56 Å². The van der Waals surface area contributed by atoms with Gasteiger partial charge in [0, 0.05) is 6.54 Å². The molecule has 0 aliphatic heterocycles. The van der Waals surface area contributed by atoms with E-state index < -0.39 is 5.97 Å².